The zero-order valence-corrected chi connectivity index (χ0v) is 15.6. The van der Waals surface area contributed by atoms with Crippen LogP contribution >= 0.6 is 0 Å². The highest BCUT2D eigenvalue weighted by molar-refractivity contribution is 5.28. The van der Waals surface area contributed by atoms with Crippen molar-refractivity contribution in [2.75, 3.05) is 6.61 Å². The molecule has 0 saturated heterocycles. The van der Waals surface area contributed by atoms with E-state index in [0.29, 0.717) is 17.8 Å². The molecule has 0 radical (unpaired) electrons. The number of aliphatic hydroxyl groups excluding tert-OH is 2. The first-order valence-electron chi connectivity index (χ1n) is 10.4. The summed E-state index contributed by atoms with van der Waals surface area (Å²) in [6.07, 6.45) is 12.9. The van der Waals surface area contributed by atoms with E-state index >= 15 is 0 Å². The molecule has 0 heterocycles. The van der Waals surface area contributed by atoms with Crippen molar-refractivity contribution < 1.29 is 10.2 Å². The number of aliphatic hydroxyl groups is 2. The molecule has 0 spiro atoms. The predicted molar refractivity (Wildman–Crippen MR) is 97.5 cm³/mol. The summed E-state index contributed by atoms with van der Waals surface area (Å²) in [5.41, 5.74) is 1.90. The van der Waals surface area contributed by atoms with Gasteiger partial charge in [-0.25, -0.2) is 0 Å². The maximum atomic E-state index is 10.2. The van der Waals surface area contributed by atoms with Crippen molar-refractivity contribution in [3.05, 3.63) is 11.6 Å². The van der Waals surface area contributed by atoms with Crippen molar-refractivity contribution in [2.45, 2.75) is 77.2 Å². The second kappa shape index (κ2) is 6.39. The van der Waals surface area contributed by atoms with Gasteiger partial charge in [-0.15, -0.1) is 0 Å². The molecule has 0 aromatic carbocycles. The highest BCUT2D eigenvalue weighted by Gasteiger charge is 2.60. The van der Waals surface area contributed by atoms with Crippen molar-refractivity contribution in [2.24, 2.45) is 34.5 Å². The summed E-state index contributed by atoms with van der Waals surface area (Å²) < 4.78 is 0. The quantitative estimate of drug-likeness (QED) is 0.739. The molecule has 3 heteroatoms. The maximum absolute atomic E-state index is 10.2. The van der Waals surface area contributed by atoms with Gasteiger partial charge < -0.3 is 10.2 Å². The molecule has 4 saturated carbocycles. The molecule has 4 fully saturated rings. The van der Waals surface area contributed by atoms with Crippen LogP contribution in [-0.2, 0) is 0 Å². The molecular formula is C22H33NO2. The second-order valence-corrected chi connectivity index (χ2v) is 9.58. The first-order valence-corrected chi connectivity index (χ1v) is 10.4. The smallest absolute Gasteiger partial charge is 0.0911 e. The summed E-state index contributed by atoms with van der Waals surface area (Å²) in [5, 5.41) is 29.2. The van der Waals surface area contributed by atoms with Gasteiger partial charge in [0.1, 0.15) is 0 Å². The zero-order chi connectivity index (χ0) is 17.7. The summed E-state index contributed by atoms with van der Waals surface area (Å²) in [5.74, 6) is 2.78. The van der Waals surface area contributed by atoms with Crippen molar-refractivity contribution >= 4 is 0 Å². The molecule has 25 heavy (non-hydrogen) atoms. The molecule has 3 nitrogen and oxygen atoms in total. The van der Waals surface area contributed by atoms with Gasteiger partial charge in [-0.05, 0) is 98.7 Å². The number of nitriles is 1. The second-order valence-electron chi connectivity index (χ2n) is 9.58. The molecule has 138 valence electrons. The van der Waals surface area contributed by atoms with E-state index in [9.17, 15) is 15.5 Å². The number of fused-ring (bicyclic) bond motifs is 5. The minimum Gasteiger partial charge on any atom is -0.396 e. The summed E-state index contributed by atoms with van der Waals surface area (Å²) in [7, 11) is 0. The van der Waals surface area contributed by atoms with E-state index in [4.69, 9.17) is 0 Å². The predicted octanol–water partition coefficient (Wildman–Crippen LogP) is 4.20. The van der Waals surface area contributed by atoms with Gasteiger partial charge in [0.05, 0.1) is 12.2 Å². The maximum Gasteiger partial charge on any atom is 0.0911 e. The van der Waals surface area contributed by atoms with E-state index in [1.165, 1.54) is 37.7 Å². The van der Waals surface area contributed by atoms with Crippen LogP contribution in [-0.4, -0.2) is 22.9 Å². The standard InChI is InChI=1S/C22H33NO2/c1-21-9-7-20-18(19(21)5-3-15(21)8-12-23)4-2-16-14-17(25)6-10-22(16,20)11-13-24/h8,16-20,24-25H,2-7,9-11,13-14H2,1H3/t16-,17+,18-,19-,20-,21+,22+/m0/s1. The SMILES string of the molecule is C[C@]12CC[C@H]3[C@@H](CC[C@H]4C[C@H](O)CC[C@@]43CCO)[C@@H]1CCC2=CC#N. The van der Waals surface area contributed by atoms with Gasteiger partial charge in [0, 0.05) is 12.7 Å². The molecule has 0 bridgehead atoms. The van der Waals surface area contributed by atoms with Gasteiger partial charge >= 0.3 is 0 Å². The van der Waals surface area contributed by atoms with E-state index in [-0.39, 0.29) is 23.5 Å². The monoisotopic (exact) mass is 343 g/mol. The van der Waals surface area contributed by atoms with Crippen molar-refractivity contribution in [3.63, 3.8) is 0 Å². The molecular weight excluding hydrogens is 310 g/mol. The van der Waals surface area contributed by atoms with Crippen LogP contribution in [0, 0.1) is 45.8 Å². The molecule has 4 rings (SSSR count). The fraction of sp³-hybridized carbons (Fsp3) is 0.864. The van der Waals surface area contributed by atoms with Crippen LogP contribution in [0.25, 0.3) is 0 Å². The van der Waals surface area contributed by atoms with Crippen LogP contribution in [0.1, 0.15) is 71.1 Å². The highest BCUT2D eigenvalue weighted by atomic mass is 16.3. The van der Waals surface area contributed by atoms with Crippen LogP contribution in [0.5, 0.6) is 0 Å². The van der Waals surface area contributed by atoms with Crippen LogP contribution in [0.3, 0.4) is 0 Å². The van der Waals surface area contributed by atoms with Crippen LogP contribution in [0.2, 0.25) is 0 Å². The number of rotatable bonds is 2. The van der Waals surface area contributed by atoms with Gasteiger partial charge in [0.25, 0.3) is 0 Å². The lowest BCUT2D eigenvalue weighted by atomic mass is 9.43. The minimum absolute atomic E-state index is 0.126. The molecule has 0 aromatic heterocycles. The third kappa shape index (κ3) is 2.52. The number of nitrogens with zero attached hydrogens (tertiary/aromatic N) is 1. The molecule has 7 atom stereocenters. The summed E-state index contributed by atoms with van der Waals surface area (Å²) in [6.45, 7) is 2.71. The molecule has 4 aliphatic rings. The third-order valence-corrected chi connectivity index (χ3v) is 9.00. The van der Waals surface area contributed by atoms with Gasteiger partial charge in [-0.3, -0.25) is 0 Å². The topological polar surface area (TPSA) is 64.2 Å². The van der Waals surface area contributed by atoms with E-state index in [0.717, 1.165) is 38.0 Å². The zero-order valence-electron chi connectivity index (χ0n) is 15.6. The fourth-order valence-corrected chi connectivity index (χ4v) is 7.90. The largest absolute Gasteiger partial charge is 0.396 e. The summed E-state index contributed by atoms with van der Waals surface area (Å²) in [6, 6.07) is 2.29. The Labute approximate surface area is 152 Å². The number of hydrogen-bond donors (Lipinski definition) is 2. The van der Waals surface area contributed by atoms with Gasteiger partial charge in [0.2, 0.25) is 0 Å². The van der Waals surface area contributed by atoms with Gasteiger partial charge in [0.15, 0.2) is 0 Å². The third-order valence-electron chi connectivity index (χ3n) is 9.00. The Morgan fingerprint density at radius 3 is 2.76 bits per heavy atom. The van der Waals surface area contributed by atoms with E-state index in [2.05, 4.69) is 13.0 Å². The Morgan fingerprint density at radius 1 is 1.16 bits per heavy atom. The Hall–Kier alpha value is -0.850. The minimum atomic E-state index is -0.126. The number of allylic oxidation sites excluding steroid dienone is 2. The van der Waals surface area contributed by atoms with Gasteiger partial charge in [-0.1, -0.05) is 12.5 Å². The highest BCUT2D eigenvalue weighted by Crippen LogP contribution is 2.68. The van der Waals surface area contributed by atoms with Crippen molar-refractivity contribution in [1.82, 2.24) is 0 Å². The Bertz CT molecular complexity index is 593. The number of hydrogen-bond acceptors (Lipinski definition) is 3. The van der Waals surface area contributed by atoms with Gasteiger partial charge in [-0.2, -0.15) is 5.26 Å². The first-order chi connectivity index (χ1) is 12.0. The average Bonchev–Trinajstić information content (AvgIpc) is 2.93. The summed E-state index contributed by atoms with van der Waals surface area (Å²) >= 11 is 0. The lowest BCUT2D eigenvalue weighted by Crippen LogP contribution is -2.55. The average molecular weight is 344 g/mol. The van der Waals surface area contributed by atoms with Crippen LogP contribution < -0.4 is 0 Å². The fourth-order valence-electron chi connectivity index (χ4n) is 7.90. The first kappa shape index (κ1) is 17.6. The molecule has 0 amide bonds. The molecule has 0 aliphatic heterocycles. The van der Waals surface area contributed by atoms with E-state index in [1.54, 1.807) is 0 Å². The van der Waals surface area contributed by atoms with E-state index < -0.39 is 0 Å². The van der Waals surface area contributed by atoms with E-state index in [1.807, 2.05) is 6.08 Å². The molecule has 0 aromatic rings. The Kier molecular flexibility index (Phi) is 4.49. The molecule has 2 N–H and O–H groups in total. The molecule has 4 aliphatic carbocycles. The molecule has 0 unspecified atom stereocenters. The van der Waals surface area contributed by atoms with Crippen LogP contribution in [0.15, 0.2) is 11.6 Å². The lowest BCUT2D eigenvalue weighted by Gasteiger charge is -2.61. The van der Waals surface area contributed by atoms with Crippen LogP contribution in [0.4, 0.5) is 0 Å². The normalized spacial score (nSPS) is 50.6. The Morgan fingerprint density at radius 2 is 2.00 bits per heavy atom. The lowest BCUT2D eigenvalue weighted by molar-refractivity contribution is -0.134. The van der Waals surface area contributed by atoms with Crippen molar-refractivity contribution in [1.29, 1.82) is 5.26 Å². The summed E-state index contributed by atoms with van der Waals surface area (Å²) in [4.78, 5) is 0. The Balaban J connectivity index is 1.66. The van der Waals surface area contributed by atoms with Crippen molar-refractivity contribution in [3.8, 4) is 6.07 Å².